The second-order valence-corrected chi connectivity index (χ2v) is 7.54. The monoisotopic (exact) mass is 537 g/mol. The predicted octanol–water partition coefficient (Wildman–Crippen LogP) is 3.33. The molecule has 1 unspecified atom stereocenters. The average molecular weight is 537 g/mol. The summed E-state index contributed by atoms with van der Waals surface area (Å²) in [5.74, 6) is 1.96. The number of aliphatic imine (C=N–C) groups is 1. The Morgan fingerprint density at radius 1 is 1.26 bits per heavy atom. The van der Waals surface area contributed by atoms with E-state index in [1.165, 1.54) is 11.6 Å². The molecule has 0 spiro atoms. The van der Waals surface area contributed by atoms with Gasteiger partial charge in [-0.3, -0.25) is 4.99 Å². The van der Waals surface area contributed by atoms with Gasteiger partial charge >= 0.3 is 0 Å². The first kappa shape index (κ1) is 23.2. The molecule has 0 aliphatic carbocycles. The molecule has 1 fully saturated rings. The molecule has 1 atom stereocenters. The van der Waals surface area contributed by atoms with Crippen LogP contribution in [0.1, 0.15) is 18.7 Å². The van der Waals surface area contributed by atoms with E-state index in [1.54, 1.807) is 19.3 Å². The molecule has 0 radical (unpaired) electrons. The molecule has 0 saturated carbocycles. The Kier molecular flexibility index (Phi) is 8.05. The smallest absolute Gasteiger partial charge is 0.191 e. The SMILES string of the molecule is CN=C(NCCCn1c(C)nc2ccccc21)NC1CCN(c2ncccc2F)C1.I. The van der Waals surface area contributed by atoms with Gasteiger partial charge in [-0.2, -0.15) is 0 Å². The van der Waals surface area contributed by atoms with Gasteiger partial charge in [0, 0.05) is 45.5 Å². The molecule has 2 N–H and O–H groups in total. The number of rotatable bonds is 6. The molecule has 9 heteroatoms. The summed E-state index contributed by atoms with van der Waals surface area (Å²) in [5, 5.41) is 6.84. The summed E-state index contributed by atoms with van der Waals surface area (Å²) >= 11 is 0. The predicted molar refractivity (Wildman–Crippen MR) is 134 cm³/mol. The van der Waals surface area contributed by atoms with Crippen LogP contribution in [0, 0.1) is 12.7 Å². The fraction of sp³-hybridized carbons (Fsp3) is 0.409. The van der Waals surface area contributed by atoms with Crippen LogP contribution in [0.5, 0.6) is 0 Å². The number of pyridine rings is 1. The number of halogens is 2. The van der Waals surface area contributed by atoms with E-state index in [9.17, 15) is 4.39 Å². The maximum Gasteiger partial charge on any atom is 0.191 e. The molecule has 4 rings (SSSR count). The van der Waals surface area contributed by atoms with Gasteiger partial charge in [-0.25, -0.2) is 14.4 Å². The number of nitrogens with one attached hydrogen (secondary N) is 2. The lowest BCUT2D eigenvalue weighted by Gasteiger charge is -2.20. The first-order valence-electron chi connectivity index (χ1n) is 10.4. The van der Waals surface area contributed by atoms with Gasteiger partial charge in [0.2, 0.25) is 0 Å². The number of benzene rings is 1. The van der Waals surface area contributed by atoms with Crippen molar-refractivity contribution in [2.24, 2.45) is 4.99 Å². The largest absolute Gasteiger partial charge is 0.356 e. The second kappa shape index (κ2) is 10.7. The molecule has 3 aromatic rings. The van der Waals surface area contributed by atoms with Crippen LogP contribution in [0.3, 0.4) is 0 Å². The van der Waals surface area contributed by atoms with Crippen LogP contribution < -0.4 is 15.5 Å². The first-order valence-corrected chi connectivity index (χ1v) is 10.4. The Morgan fingerprint density at radius 2 is 2.10 bits per heavy atom. The zero-order chi connectivity index (χ0) is 20.9. The normalized spacial score (nSPS) is 16.4. The maximum atomic E-state index is 14.0. The van der Waals surface area contributed by atoms with E-state index in [2.05, 4.69) is 36.2 Å². The second-order valence-electron chi connectivity index (χ2n) is 7.54. The third kappa shape index (κ3) is 5.44. The number of para-hydroxylation sites is 2. The van der Waals surface area contributed by atoms with Gasteiger partial charge in [0.25, 0.3) is 0 Å². The fourth-order valence-electron chi connectivity index (χ4n) is 3.99. The lowest BCUT2D eigenvalue weighted by molar-refractivity contribution is 0.605. The van der Waals surface area contributed by atoms with E-state index >= 15 is 0 Å². The van der Waals surface area contributed by atoms with E-state index in [0.717, 1.165) is 49.8 Å². The number of anilines is 1. The molecule has 31 heavy (non-hydrogen) atoms. The molecular formula is C22H29FIN7. The molecule has 1 aliphatic heterocycles. The summed E-state index contributed by atoms with van der Waals surface area (Å²) in [6.07, 6.45) is 3.50. The van der Waals surface area contributed by atoms with Crippen molar-refractivity contribution >= 4 is 46.8 Å². The number of hydrogen-bond donors (Lipinski definition) is 2. The summed E-state index contributed by atoms with van der Waals surface area (Å²) in [6.45, 7) is 5.22. The van der Waals surface area contributed by atoms with Crippen molar-refractivity contribution in [3.05, 3.63) is 54.2 Å². The van der Waals surface area contributed by atoms with Gasteiger partial charge in [0.15, 0.2) is 17.6 Å². The van der Waals surface area contributed by atoms with Crippen LogP contribution in [0.4, 0.5) is 10.2 Å². The van der Waals surface area contributed by atoms with E-state index in [4.69, 9.17) is 0 Å². The van der Waals surface area contributed by atoms with Crippen LogP contribution >= 0.6 is 24.0 Å². The lowest BCUT2D eigenvalue weighted by atomic mass is 10.3. The summed E-state index contributed by atoms with van der Waals surface area (Å²) in [7, 11) is 1.77. The Balaban J connectivity index is 0.00000272. The van der Waals surface area contributed by atoms with Crippen LogP contribution in [0.25, 0.3) is 11.0 Å². The molecule has 166 valence electrons. The highest BCUT2D eigenvalue weighted by molar-refractivity contribution is 14.0. The number of guanidine groups is 1. The van der Waals surface area contributed by atoms with Gasteiger partial charge in [-0.05, 0) is 44.0 Å². The Labute approximate surface area is 199 Å². The summed E-state index contributed by atoms with van der Waals surface area (Å²) in [6, 6.07) is 11.5. The van der Waals surface area contributed by atoms with Crippen molar-refractivity contribution in [1.29, 1.82) is 0 Å². The standard InChI is InChI=1S/C22H28FN7.HI/c1-16-27-19-8-3-4-9-20(19)30(16)13-6-12-26-22(24-2)28-17-10-14-29(15-17)21-18(23)7-5-11-25-21;/h3-5,7-9,11,17H,6,10,12-15H2,1-2H3,(H2,24,26,28);1H. The molecule has 0 bridgehead atoms. The molecule has 1 aliphatic rings. The third-order valence-corrected chi connectivity index (χ3v) is 5.49. The molecule has 0 amide bonds. The lowest BCUT2D eigenvalue weighted by Crippen LogP contribution is -2.45. The van der Waals surface area contributed by atoms with Crippen LogP contribution in [0.2, 0.25) is 0 Å². The van der Waals surface area contributed by atoms with Crippen molar-refractivity contribution < 1.29 is 4.39 Å². The summed E-state index contributed by atoms with van der Waals surface area (Å²) in [5.41, 5.74) is 2.21. The maximum absolute atomic E-state index is 14.0. The highest BCUT2D eigenvalue weighted by Gasteiger charge is 2.25. The number of aryl methyl sites for hydroxylation is 2. The highest BCUT2D eigenvalue weighted by atomic mass is 127. The quantitative estimate of drug-likeness (QED) is 0.219. The fourth-order valence-corrected chi connectivity index (χ4v) is 3.99. The topological polar surface area (TPSA) is 70.4 Å². The molecule has 3 heterocycles. The highest BCUT2D eigenvalue weighted by Crippen LogP contribution is 2.20. The van der Waals surface area contributed by atoms with Gasteiger partial charge in [-0.15, -0.1) is 24.0 Å². The van der Waals surface area contributed by atoms with E-state index < -0.39 is 0 Å². The van der Waals surface area contributed by atoms with Gasteiger partial charge in [0.1, 0.15) is 5.82 Å². The van der Waals surface area contributed by atoms with Crippen LogP contribution in [-0.4, -0.2) is 53.2 Å². The Morgan fingerprint density at radius 3 is 2.90 bits per heavy atom. The average Bonchev–Trinajstić information content (AvgIpc) is 3.34. The molecule has 1 saturated heterocycles. The molecule has 2 aromatic heterocycles. The van der Waals surface area contributed by atoms with E-state index in [1.807, 2.05) is 30.0 Å². The third-order valence-electron chi connectivity index (χ3n) is 5.49. The summed E-state index contributed by atoms with van der Waals surface area (Å²) < 4.78 is 16.2. The van der Waals surface area contributed by atoms with Gasteiger partial charge in [0.05, 0.1) is 11.0 Å². The van der Waals surface area contributed by atoms with Gasteiger partial charge < -0.3 is 20.1 Å². The number of hydrogen-bond acceptors (Lipinski definition) is 4. The van der Waals surface area contributed by atoms with Crippen molar-refractivity contribution in [3.63, 3.8) is 0 Å². The van der Waals surface area contributed by atoms with Crippen molar-refractivity contribution in [2.45, 2.75) is 32.4 Å². The molecule has 1 aromatic carbocycles. The van der Waals surface area contributed by atoms with E-state index in [0.29, 0.717) is 12.4 Å². The van der Waals surface area contributed by atoms with Crippen molar-refractivity contribution in [1.82, 2.24) is 25.2 Å². The Bertz CT molecular complexity index is 1040. The van der Waals surface area contributed by atoms with Crippen LogP contribution in [-0.2, 0) is 6.54 Å². The number of nitrogens with zero attached hydrogens (tertiary/aromatic N) is 5. The van der Waals surface area contributed by atoms with E-state index in [-0.39, 0.29) is 35.8 Å². The molecular weight excluding hydrogens is 508 g/mol. The van der Waals surface area contributed by atoms with Crippen molar-refractivity contribution in [2.75, 3.05) is 31.6 Å². The van der Waals surface area contributed by atoms with Crippen LogP contribution in [0.15, 0.2) is 47.6 Å². The minimum atomic E-state index is -0.275. The number of imidazole rings is 1. The summed E-state index contributed by atoms with van der Waals surface area (Å²) in [4.78, 5) is 15.1. The molecule has 7 nitrogen and oxygen atoms in total. The first-order chi connectivity index (χ1) is 14.7. The number of fused-ring (bicyclic) bond motifs is 1. The van der Waals surface area contributed by atoms with Crippen molar-refractivity contribution in [3.8, 4) is 0 Å². The minimum absolute atomic E-state index is 0. The zero-order valence-electron chi connectivity index (χ0n) is 17.9. The zero-order valence-corrected chi connectivity index (χ0v) is 20.2. The number of aromatic nitrogens is 3. The van der Waals surface area contributed by atoms with Gasteiger partial charge in [-0.1, -0.05) is 12.1 Å². The minimum Gasteiger partial charge on any atom is -0.356 e. The Hall–Kier alpha value is -2.43.